The van der Waals surface area contributed by atoms with Gasteiger partial charge in [-0.25, -0.2) is 9.97 Å². The molecule has 0 aliphatic rings. The minimum atomic E-state index is -0.411. The van der Waals surface area contributed by atoms with E-state index in [0.717, 1.165) is 33.5 Å². The molecule has 2 aromatic heterocycles. The fourth-order valence-corrected chi connectivity index (χ4v) is 3.92. The van der Waals surface area contributed by atoms with Crippen LogP contribution >= 0.6 is 11.3 Å². The lowest BCUT2D eigenvalue weighted by molar-refractivity contribution is 0.193. The zero-order valence-corrected chi connectivity index (χ0v) is 15.4. The fourth-order valence-electron chi connectivity index (χ4n) is 2.99. The van der Waals surface area contributed by atoms with Gasteiger partial charge in [0.1, 0.15) is 5.69 Å². The van der Waals surface area contributed by atoms with Gasteiger partial charge in [-0.2, -0.15) is 0 Å². The summed E-state index contributed by atoms with van der Waals surface area (Å²) in [4.78, 5) is 10.3. The van der Waals surface area contributed by atoms with Crippen LogP contribution in [0.2, 0.25) is 0 Å². The Morgan fingerprint density at radius 3 is 2.67 bits per heavy atom. The third-order valence-electron chi connectivity index (χ3n) is 3.99. The summed E-state index contributed by atoms with van der Waals surface area (Å²) in [5.41, 5.74) is 5.51. The van der Waals surface area contributed by atoms with E-state index in [1.165, 1.54) is 11.1 Å². The molecule has 3 aromatic rings. The molecule has 0 aliphatic heterocycles. The van der Waals surface area contributed by atoms with E-state index in [4.69, 9.17) is 0 Å². The Balaban J connectivity index is 2.02. The Labute approximate surface area is 146 Å². The van der Waals surface area contributed by atoms with E-state index < -0.39 is 6.10 Å². The van der Waals surface area contributed by atoms with E-state index in [-0.39, 0.29) is 0 Å². The van der Waals surface area contributed by atoms with Crippen molar-refractivity contribution in [2.45, 2.75) is 46.8 Å². The van der Waals surface area contributed by atoms with Gasteiger partial charge in [0, 0.05) is 18.7 Å². The predicted molar refractivity (Wildman–Crippen MR) is 98.5 cm³/mol. The van der Waals surface area contributed by atoms with Crippen molar-refractivity contribution in [3.63, 3.8) is 0 Å². The number of aromatic nitrogens is 3. The van der Waals surface area contributed by atoms with Crippen molar-refractivity contribution in [3.8, 4) is 10.6 Å². The first-order valence-electron chi connectivity index (χ1n) is 8.16. The smallest absolute Gasteiger partial charge is 0.103 e. The molecule has 0 radical (unpaired) electrons. The van der Waals surface area contributed by atoms with Gasteiger partial charge in [0.15, 0.2) is 0 Å². The lowest BCUT2D eigenvalue weighted by atomic mass is 10.1. The van der Waals surface area contributed by atoms with Crippen molar-refractivity contribution in [1.29, 1.82) is 0 Å². The Hall–Kier alpha value is -1.98. The summed E-state index contributed by atoms with van der Waals surface area (Å²) < 4.78 is 2.14. The van der Waals surface area contributed by atoms with Gasteiger partial charge in [0.2, 0.25) is 0 Å². The van der Waals surface area contributed by atoms with Crippen LogP contribution in [0.25, 0.3) is 10.6 Å². The normalized spacial score (nSPS) is 12.5. The van der Waals surface area contributed by atoms with Gasteiger partial charge >= 0.3 is 0 Å². The molecule has 0 aliphatic carbocycles. The minimum absolute atomic E-state index is 0.411. The number of aliphatic hydroxyl groups excluding tert-OH is 1. The van der Waals surface area contributed by atoms with E-state index in [1.54, 1.807) is 11.3 Å². The SMILES string of the molecule is Cc1cccc(Cn2cnc(-c3sc(C)nc3C)c2CC(C)O)c1. The number of rotatable bonds is 5. The Bertz CT molecular complexity index is 848. The topological polar surface area (TPSA) is 50.9 Å². The Morgan fingerprint density at radius 1 is 1.25 bits per heavy atom. The highest BCUT2D eigenvalue weighted by Gasteiger charge is 2.19. The summed E-state index contributed by atoms with van der Waals surface area (Å²) in [6.45, 7) is 8.71. The van der Waals surface area contributed by atoms with Crippen LogP contribution in [0.3, 0.4) is 0 Å². The third kappa shape index (κ3) is 3.57. The van der Waals surface area contributed by atoms with E-state index in [2.05, 4.69) is 45.7 Å². The molecule has 4 nitrogen and oxygen atoms in total. The van der Waals surface area contributed by atoms with E-state index >= 15 is 0 Å². The Kier molecular flexibility index (Phi) is 4.83. The molecule has 5 heteroatoms. The number of aryl methyl sites for hydroxylation is 3. The molecular formula is C19H23N3OS. The van der Waals surface area contributed by atoms with Crippen molar-refractivity contribution < 1.29 is 5.11 Å². The van der Waals surface area contributed by atoms with Crippen LogP contribution in [0, 0.1) is 20.8 Å². The van der Waals surface area contributed by atoms with Gasteiger partial charge in [0.05, 0.1) is 28.0 Å². The standard InChI is InChI=1S/C19H23N3OS/c1-12-6-5-7-16(8-12)10-22-11-20-18(17(22)9-13(2)23)19-14(3)21-15(4)24-19/h5-8,11,13,23H,9-10H2,1-4H3. The summed E-state index contributed by atoms with van der Waals surface area (Å²) in [6, 6.07) is 8.49. The first-order valence-corrected chi connectivity index (χ1v) is 8.97. The van der Waals surface area contributed by atoms with Crippen molar-refractivity contribution >= 4 is 11.3 Å². The van der Waals surface area contributed by atoms with Gasteiger partial charge in [-0.1, -0.05) is 29.8 Å². The second kappa shape index (κ2) is 6.87. The van der Waals surface area contributed by atoms with Crippen molar-refractivity contribution in [3.05, 3.63) is 58.1 Å². The minimum Gasteiger partial charge on any atom is -0.393 e. The van der Waals surface area contributed by atoms with Crippen LogP contribution in [0.15, 0.2) is 30.6 Å². The van der Waals surface area contributed by atoms with E-state index in [1.807, 2.05) is 27.1 Å². The van der Waals surface area contributed by atoms with Gasteiger partial charge in [-0.3, -0.25) is 0 Å². The summed E-state index contributed by atoms with van der Waals surface area (Å²) in [5.74, 6) is 0. The van der Waals surface area contributed by atoms with Crippen molar-refractivity contribution in [1.82, 2.24) is 14.5 Å². The van der Waals surface area contributed by atoms with Crippen LogP contribution in [-0.4, -0.2) is 25.7 Å². The van der Waals surface area contributed by atoms with Crippen LogP contribution in [0.1, 0.15) is 34.4 Å². The van der Waals surface area contributed by atoms with E-state index in [9.17, 15) is 5.11 Å². The average Bonchev–Trinajstić information content (AvgIpc) is 3.02. The molecule has 1 atom stereocenters. The molecule has 1 unspecified atom stereocenters. The summed E-state index contributed by atoms with van der Waals surface area (Å²) in [5, 5.41) is 11.0. The maximum Gasteiger partial charge on any atom is 0.103 e. The average molecular weight is 341 g/mol. The molecule has 0 amide bonds. The number of nitrogens with zero attached hydrogens (tertiary/aromatic N) is 3. The molecule has 1 N–H and O–H groups in total. The Morgan fingerprint density at radius 2 is 2.04 bits per heavy atom. The van der Waals surface area contributed by atoms with Crippen molar-refractivity contribution in [2.24, 2.45) is 0 Å². The summed E-state index contributed by atoms with van der Waals surface area (Å²) >= 11 is 1.66. The quantitative estimate of drug-likeness (QED) is 0.765. The highest BCUT2D eigenvalue weighted by atomic mass is 32.1. The molecule has 0 saturated carbocycles. The van der Waals surface area contributed by atoms with E-state index in [0.29, 0.717) is 6.42 Å². The van der Waals surface area contributed by atoms with Gasteiger partial charge in [0.25, 0.3) is 0 Å². The lowest BCUT2D eigenvalue weighted by Gasteiger charge is -2.12. The fraction of sp³-hybridized carbons (Fsp3) is 0.368. The molecule has 1 aromatic carbocycles. The zero-order valence-electron chi connectivity index (χ0n) is 14.6. The molecule has 3 rings (SSSR count). The molecule has 2 heterocycles. The van der Waals surface area contributed by atoms with Crippen LogP contribution in [-0.2, 0) is 13.0 Å². The second-order valence-corrected chi connectivity index (χ2v) is 7.56. The maximum atomic E-state index is 9.95. The number of hydrogen-bond donors (Lipinski definition) is 1. The first-order chi connectivity index (χ1) is 11.4. The van der Waals surface area contributed by atoms with Crippen LogP contribution < -0.4 is 0 Å². The predicted octanol–water partition coefficient (Wildman–Crippen LogP) is 3.90. The molecule has 0 bridgehead atoms. The first kappa shape index (κ1) is 16.9. The maximum absolute atomic E-state index is 9.95. The van der Waals surface area contributed by atoms with Gasteiger partial charge in [-0.05, 0) is 33.3 Å². The molecule has 0 saturated heterocycles. The number of hydrogen-bond acceptors (Lipinski definition) is 4. The second-order valence-electron chi connectivity index (χ2n) is 6.36. The molecule has 0 spiro atoms. The number of aliphatic hydroxyl groups is 1. The zero-order chi connectivity index (χ0) is 17.3. The lowest BCUT2D eigenvalue weighted by Crippen LogP contribution is -2.11. The van der Waals surface area contributed by atoms with Gasteiger partial charge in [-0.15, -0.1) is 11.3 Å². The monoisotopic (exact) mass is 341 g/mol. The van der Waals surface area contributed by atoms with Gasteiger partial charge < -0.3 is 9.67 Å². The third-order valence-corrected chi connectivity index (χ3v) is 5.07. The largest absolute Gasteiger partial charge is 0.393 e. The summed E-state index contributed by atoms with van der Waals surface area (Å²) in [7, 11) is 0. The highest BCUT2D eigenvalue weighted by molar-refractivity contribution is 7.15. The van der Waals surface area contributed by atoms with Crippen LogP contribution in [0.5, 0.6) is 0 Å². The van der Waals surface area contributed by atoms with Crippen molar-refractivity contribution in [2.75, 3.05) is 0 Å². The molecule has 24 heavy (non-hydrogen) atoms. The molecule has 0 fully saturated rings. The summed E-state index contributed by atoms with van der Waals surface area (Å²) in [6.07, 6.45) is 2.05. The number of benzene rings is 1. The van der Waals surface area contributed by atoms with Crippen LogP contribution in [0.4, 0.5) is 0 Å². The highest BCUT2D eigenvalue weighted by Crippen LogP contribution is 2.32. The molecular weight excluding hydrogens is 318 g/mol. The number of thiazole rings is 1. The number of imidazole rings is 1. The molecule has 126 valence electrons.